The largest absolute Gasteiger partial charge is 0.481 e. The monoisotopic (exact) mass is 426 g/mol. The molecule has 1 N–H and O–H groups in total. The van der Waals surface area contributed by atoms with E-state index < -0.39 is 6.10 Å². The van der Waals surface area contributed by atoms with Crippen molar-refractivity contribution in [2.45, 2.75) is 43.6 Å². The smallest absolute Gasteiger partial charge is 0.230 e. The van der Waals surface area contributed by atoms with E-state index in [1.54, 1.807) is 24.3 Å². The molecule has 2 aromatic rings. The van der Waals surface area contributed by atoms with Gasteiger partial charge in [-0.2, -0.15) is 0 Å². The molecule has 3 rings (SSSR count). The van der Waals surface area contributed by atoms with E-state index in [-0.39, 0.29) is 5.91 Å². The number of carbonyl (C=O) groups excluding carboxylic acids is 1. The van der Waals surface area contributed by atoms with Crippen molar-refractivity contribution < 1.29 is 9.53 Å². The fourth-order valence-electron chi connectivity index (χ4n) is 2.45. The number of nitrogens with one attached hydrogen (secondary N) is 1. The van der Waals surface area contributed by atoms with Crippen LogP contribution in [-0.4, -0.2) is 32.5 Å². The van der Waals surface area contributed by atoms with Crippen molar-refractivity contribution in [1.29, 1.82) is 0 Å². The molecule has 1 aliphatic carbocycles. The molecule has 1 fully saturated rings. The summed E-state index contributed by atoms with van der Waals surface area (Å²) in [5.41, 5.74) is 0. The van der Waals surface area contributed by atoms with Gasteiger partial charge in [-0.1, -0.05) is 41.0 Å². The van der Waals surface area contributed by atoms with E-state index in [1.807, 2.05) is 11.5 Å². The third-order valence-corrected chi connectivity index (χ3v) is 5.39. The number of thioether (sulfide) groups is 1. The predicted octanol–water partition coefficient (Wildman–Crippen LogP) is 4.28. The van der Waals surface area contributed by atoms with Gasteiger partial charge in [0.1, 0.15) is 5.75 Å². The maximum Gasteiger partial charge on any atom is 0.230 e. The zero-order chi connectivity index (χ0) is 19.4. The molecule has 1 saturated carbocycles. The standard InChI is InChI=1S/C18H20Cl2N4O2S/c1-3-8-24-17(11(2)26-15-7-4-12(19)9-14(15)20)22-23-18(24)27-10-16(25)21-13-5-6-13/h3-4,7,9,11,13H,1,5-6,8,10H2,2H3,(H,21,25). The number of halogens is 2. The fraction of sp³-hybridized carbons (Fsp3) is 0.389. The molecular formula is C18H20Cl2N4O2S. The molecule has 6 nitrogen and oxygen atoms in total. The van der Waals surface area contributed by atoms with Crippen molar-refractivity contribution in [2.24, 2.45) is 0 Å². The van der Waals surface area contributed by atoms with Crippen LogP contribution in [0, 0.1) is 0 Å². The third-order valence-electron chi connectivity index (χ3n) is 3.89. The number of allylic oxidation sites excluding steroid dienone is 1. The molecule has 0 bridgehead atoms. The topological polar surface area (TPSA) is 69.0 Å². The van der Waals surface area contributed by atoms with Crippen LogP contribution < -0.4 is 10.1 Å². The number of aromatic nitrogens is 3. The summed E-state index contributed by atoms with van der Waals surface area (Å²) in [7, 11) is 0. The van der Waals surface area contributed by atoms with Gasteiger partial charge < -0.3 is 10.1 Å². The first-order valence-corrected chi connectivity index (χ1v) is 10.3. The summed E-state index contributed by atoms with van der Waals surface area (Å²) in [4.78, 5) is 11.9. The van der Waals surface area contributed by atoms with Crippen molar-refractivity contribution in [3.8, 4) is 5.75 Å². The summed E-state index contributed by atoms with van der Waals surface area (Å²) in [5.74, 6) is 1.45. The van der Waals surface area contributed by atoms with Crippen molar-refractivity contribution in [3.05, 3.63) is 46.7 Å². The molecular weight excluding hydrogens is 407 g/mol. The van der Waals surface area contributed by atoms with Gasteiger partial charge in [0.2, 0.25) is 5.91 Å². The van der Waals surface area contributed by atoms with E-state index in [9.17, 15) is 4.79 Å². The van der Waals surface area contributed by atoms with Gasteiger partial charge in [0.25, 0.3) is 0 Å². The van der Waals surface area contributed by atoms with E-state index in [2.05, 4.69) is 22.1 Å². The Morgan fingerprint density at radius 3 is 2.93 bits per heavy atom. The van der Waals surface area contributed by atoms with E-state index in [4.69, 9.17) is 27.9 Å². The number of amides is 1. The molecule has 0 saturated heterocycles. The van der Waals surface area contributed by atoms with Crippen LogP contribution in [0.1, 0.15) is 31.7 Å². The first-order valence-electron chi connectivity index (χ1n) is 8.55. The first-order chi connectivity index (χ1) is 13.0. The molecule has 0 radical (unpaired) electrons. The lowest BCUT2D eigenvalue weighted by Crippen LogP contribution is -2.27. The maximum absolute atomic E-state index is 11.9. The minimum absolute atomic E-state index is 0.00875. The van der Waals surface area contributed by atoms with Crippen LogP contribution >= 0.6 is 35.0 Å². The number of nitrogens with zero attached hydrogens (tertiary/aromatic N) is 3. The van der Waals surface area contributed by atoms with Gasteiger partial charge in [-0.25, -0.2) is 0 Å². The summed E-state index contributed by atoms with van der Waals surface area (Å²) >= 11 is 13.4. The fourth-order valence-corrected chi connectivity index (χ4v) is 3.67. The molecule has 1 aromatic heterocycles. The van der Waals surface area contributed by atoms with Gasteiger partial charge in [0, 0.05) is 17.6 Å². The highest BCUT2D eigenvalue weighted by molar-refractivity contribution is 7.99. The lowest BCUT2D eigenvalue weighted by molar-refractivity contribution is -0.118. The summed E-state index contributed by atoms with van der Waals surface area (Å²) in [6, 6.07) is 5.40. The third kappa shape index (κ3) is 5.40. The van der Waals surface area contributed by atoms with Crippen LogP contribution in [0.25, 0.3) is 0 Å². The molecule has 1 aromatic carbocycles. The number of rotatable bonds is 9. The Labute approximate surface area is 172 Å². The molecule has 1 aliphatic rings. The number of hydrogen-bond acceptors (Lipinski definition) is 5. The number of carbonyl (C=O) groups is 1. The van der Waals surface area contributed by atoms with Gasteiger partial charge in [0.05, 0.1) is 10.8 Å². The van der Waals surface area contributed by atoms with Crippen LogP contribution in [0.15, 0.2) is 36.0 Å². The van der Waals surface area contributed by atoms with Gasteiger partial charge in [0.15, 0.2) is 17.1 Å². The lowest BCUT2D eigenvalue weighted by Gasteiger charge is -2.16. The normalized spacial score (nSPS) is 14.6. The van der Waals surface area contributed by atoms with Gasteiger partial charge >= 0.3 is 0 Å². The Morgan fingerprint density at radius 1 is 1.48 bits per heavy atom. The first kappa shape index (κ1) is 20.0. The van der Waals surface area contributed by atoms with Gasteiger partial charge in [-0.15, -0.1) is 16.8 Å². The highest BCUT2D eigenvalue weighted by Crippen LogP contribution is 2.31. The van der Waals surface area contributed by atoms with E-state index >= 15 is 0 Å². The van der Waals surface area contributed by atoms with Crippen molar-refractivity contribution in [2.75, 3.05) is 5.75 Å². The van der Waals surface area contributed by atoms with Crippen molar-refractivity contribution in [3.63, 3.8) is 0 Å². The Kier molecular flexibility index (Phi) is 6.68. The Balaban J connectivity index is 1.70. The molecule has 0 aliphatic heterocycles. The summed E-state index contributed by atoms with van der Waals surface area (Å²) < 4.78 is 7.82. The zero-order valence-corrected chi connectivity index (χ0v) is 17.2. The Bertz CT molecular complexity index is 839. The van der Waals surface area contributed by atoms with Gasteiger partial charge in [-0.3, -0.25) is 9.36 Å². The van der Waals surface area contributed by atoms with E-state index in [1.165, 1.54) is 11.8 Å². The molecule has 1 atom stereocenters. The minimum Gasteiger partial charge on any atom is -0.481 e. The summed E-state index contributed by atoms with van der Waals surface area (Å²) in [6.07, 6.45) is 3.49. The summed E-state index contributed by atoms with van der Waals surface area (Å²) in [5, 5.41) is 13.0. The number of ether oxygens (including phenoxy) is 1. The van der Waals surface area contributed by atoms with E-state index in [0.29, 0.717) is 45.1 Å². The number of hydrogen-bond donors (Lipinski definition) is 1. The van der Waals surface area contributed by atoms with Crippen molar-refractivity contribution >= 4 is 40.9 Å². The van der Waals surface area contributed by atoms with Crippen LogP contribution in [0.5, 0.6) is 5.75 Å². The second-order valence-corrected chi connectivity index (χ2v) is 7.99. The Hall–Kier alpha value is -1.70. The zero-order valence-electron chi connectivity index (χ0n) is 14.8. The predicted molar refractivity (Wildman–Crippen MR) is 108 cm³/mol. The molecule has 1 amide bonds. The molecule has 9 heteroatoms. The average Bonchev–Trinajstić information content (AvgIpc) is 3.34. The molecule has 1 unspecified atom stereocenters. The van der Waals surface area contributed by atoms with Crippen LogP contribution in [0.2, 0.25) is 10.0 Å². The Morgan fingerprint density at radius 2 is 2.26 bits per heavy atom. The van der Waals surface area contributed by atoms with Gasteiger partial charge in [-0.05, 0) is 38.0 Å². The van der Waals surface area contributed by atoms with Crippen LogP contribution in [0.4, 0.5) is 0 Å². The summed E-state index contributed by atoms with van der Waals surface area (Å²) in [6.45, 7) is 6.16. The SMILES string of the molecule is C=CCn1c(SCC(=O)NC2CC2)nnc1C(C)Oc1ccc(Cl)cc1Cl. The molecule has 144 valence electrons. The minimum atomic E-state index is -0.397. The second kappa shape index (κ2) is 8.99. The highest BCUT2D eigenvalue weighted by Gasteiger charge is 2.24. The molecule has 1 heterocycles. The highest BCUT2D eigenvalue weighted by atomic mass is 35.5. The average molecular weight is 427 g/mol. The quantitative estimate of drug-likeness (QED) is 0.478. The number of benzene rings is 1. The van der Waals surface area contributed by atoms with Crippen molar-refractivity contribution in [1.82, 2.24) is 20.1 Å². The van der Waals surface area contributed by atoms with E-state index in [0.717, 1.165) is 12.8 Å². The molecule has 0 spiro atoms. The molecule has 27 heavy (non-hydrogen) atoms. The van der Waals surface area contributed by atoms with Crippen LogP contribution in [0.3, 0.4) is 0 Å². The lowest BCUT2D eigenvalue weighted by atomic mass is 10.3. The maximum atomic E-state index is 11.9. The van der Waals surface area contributed by atoms with Crippen LogP contribution in [-0.2, 0) is 11.3 Å². The second-order valence-electron chi connectivity index (χ2n) is 6.21.